The lowest BCUT2D eigenvalue weighted by atomic mass is 9.74. The van der Waals surface area contributed by atoms with Gasteiger partial charge in [-0.1, -0.05) is 157 Å². The fourth-order valence-electron chi connectivity index (χ4n) is 5.06. The van der Waals surface area contributed by atoms with Crippen molar-refractivity contribution in [2.24, 2.45) is 5.92 Å². The average molecular weight is 487 g/mol. The van der Waals surface area contributed by atoms with Crippen molar-refractivity contribution in [3.8, 4) is 0 Å². The van der Waals surface area contributed by atoms with E-state index in [1.165, 1.54) is 88.2 Å². The second-order valence-electron chi connectivity index (χ2n) is 13.0. The molecule has 1 atom stereocenters. The third-order valence-corrected chi connectivity index (χ3v) is 8.70. The molecular formula is C34H62O. The van der Waals surface area contributed by atoms with Crippen LogP contribution in [0.15, 0.2) is 18.2 Å². The summed E-state index contributed by atoms with van der Waals surface area (Å²) in [4.78, 5) is 0. The topological polar surface area (TPSA) is 20.2 Å². The highest BCUT2D eigenvalue weighted by molar-refractivity contribution is 5.41. The van der Waals surface area contributed by atoms with Crippen LogP contribution >= 0.6 is 0 Å². The first-order valence-electron chi connectivity index (χ1n) is 15.4. The number of hydrogen-bond acceptors (Lipinski definition) is 1. The van der Waals surface area contributed by atoms with Gasteiger partial charge in [-0.05, 0) is 52.7 Å². The fraction of sp³-hybridized carbons (Fsp3) is 0.824. The molecule has 0 amide bonds. The van der Waals surface area contributed by atoms with Crippen LogP contribution in [0.4, 0.5) is 0 Å². The van der Waals surface area contributed by atoms with Crippen LogP contribution in [0.25, 0.3) is 0 Å². The van der Waals surface area contributed by atoms with Crippen molar-refractivity contribution in [2.75, 3.05) is 0 Å². The molecule has 0 heterocycles. The lowest BCUT2D eigenvalue weighted by Crippen LogP contribution is -2.23. The first-order chi connectivity index (χ1) is 16.5. The van der Waals surface area contributed by atoms with Gasteiger partial charge in [-0.3, -0.25) is 0 Å². The molecule has 204 valence electrons. The van der Waals surface area contributed by atoms with Gasteiger partial charge in [-0.25, -0.2) is 0 Å². The lowest BCUT2D eigenvalue weighted by molar-refractivity contribution is 0.160. The molecule has 0 aliphatic carbocycles. The fourth-order valence-corrected chi connectivity index (χ4v) is 5.06. The summed E-state index contributed by atoms with van der Waals surface area (Å²) in [6.07, 6.45) is 20.6. The zero-order valence-electron chi connectivity index (χ0n) is 25.1. The third kappa shape index (κ3) is 12.3. The minimum absolute atomic E-state index is 0.0875. The SMILES string of the molecule is CCC(C)(C)c1ccc(C(O)CCCCCCCCCCCCCCC(C)C)c(C(C)(C)CC)c1. The van der Waals surface area contributed by atoms with Crippen LogP contribution in [0.1, 0.15) is 181 Å². The van der Waals surface area contributed by atoms with E-state index in [0.717, 1.165) is 37.2 Å². The Hall–Kier alpha value is -0.820. The van der Waals surface area contributed by atoms with E-state index in [0.29, 0.717) is 0 Å². The summed E-state index contributed by atoms with van der Waals surface area (Å²) in [6, 6.07) is 6.90. The standard InChI is InChI=1S/C34H62O/c1-9-33(5,6)29-25-26-30(31(27-29)34(7,8)10-2)32(35)24-22-20-18-16-14-12-11-13-15-17-19-21-23-28(3)4/h25-28,32,35H,9-24H2,1-8H3. The van der Waals surface area contributed by atoms with E-state index in [1.54, 1.807) is 0 Å². The maximum atomic E-state index is 11.1. The Bertz CT molecular complexity index is 669. The number of hydrogen-bond donors (Lipinski definition) is 1. The van der Waals surface area contributed by atoms with Crippen molar-refractivity contribution in [3.63, 3.8) is 0 Å². The summed E-state index contributed by atoms with van der Waals surface area (Å²) in [5.74, 6) is 0.869. The van der Waals surface area contributed by atoms with Crippen molar-refractivity contribution in [1.29, 1.82) is 0 Å². The van der Waals surface area contributed by atoms with Crippen LogP contribution in [0, 0.1) is 5.92 Å². The van der Waals surface area contributed by atoms with Gasteiger partial charge in [-0.15, -0.1) is 0 Å². The Morgan fingerprint density at radius 1 is 0.629 bits per heavy atom. The van der Waals surface area contributed by atoms with Crippen molar-refractivity contribution in [3.05, 3.63) is 34.9 Å². The van der Waals surface area contributed by atoms with E-state index in [2.05, 4.69) is 73.6 Å². The summed E-state index contributed by atoms with van der Waals surface area (Å²) >= 11 is 0. The molecule has 0 spiro atoms. The molecular weight excluding hydrogens is 424 g/mol. The number of unbranched alkanes of at least 4 members (excludes halogenated alkanes) is 11. The predicted octanol–water partition coefficient (Wildman–Crippen LogP) is 11.2. The second-order valence-corrected chi connectivity index (χ2v) is 13.0. The molecule has 0 aromatic heterocycles. The molecule has 1 aromatic carbocycles. The number of aliphatic hydroxyl groups excluding tert-OH is 1. The molecule has 0 aliphatic rings. The molecule has 0 bridgehead atoms. The Labute approximate surface area is 220 Å². The molecule has 1 heteroatoms. The summed E-state index contributed by atoms with van der Waals surface area (Å²) in [7, 11) is 0. The van der Waals surface area contributed by atoms with E-state index in [-0.39, 0.29) is 16.9 Å². The van der Waals surface area contributed by atoms with Crippen LogP contribution in [0.5, 0.6) is 0 Å². The van der Waals surface area contributed by atoms with Crippen LogP contribution in [0.2, 0.25) is 0 Å². The zero-order chi connectivity index (χ0) is 26.3. The van der Waals surface area contributed by atoms with E-state index < -0.39 is 0 Å². The molecule has 0 saturated heterocycles. The van der Waals surface area contributed by atoms with E-state index in [4.69, 9.17) is 0 Å². The van der Waals surface area contributed by atoms with Crippen LogP contribution in [0.3, 0.4) is 0 Å². The van der Waals surface area contributed by atoms with Gasteiger partial charge in [0.25, 0.3) is 0 Å². The van der Waals surface area contributed by atoms with Gasteiger partial charge in [0.15, 0.2) is 0 Å². The highest BCUT2D eigenvalue weighted by Gasteiger charge is 2.27. The maximum absolute atomic E-state index is 11.1. The molecule has 1 aromatic rings. The van der Waals surface area contributed by atoms with E-state index in [1.807, 2.05) is 0 Å². The molecule has 1 N–H and O–H groups in total. The minimum Gasteiger partial charge on any atom is -0.388 e. The average Bonchev–Trinajstić information content (AvgIpc) is 2.83. The summed E-state index contributed by atoms with van der Waals surface area (Å²) in [5.41, 5.74) is 4.18. The molecule has 0 fully saturated rings. The predicted molar refractivity (Wildman–Crippen MR) is 158 cm³/mol. The normalized spacial score (nSPS) is 13.5. The minimum atomic E-state index is -0.338. The van der Waals surface area contributed by atoms with Gasteiger partial charge in [0, 0.05) is 0 Å². The highest BCUT2D eigenvalue weighted by atomic mass is 16.3. The third-order valence-electron chi connectivity index (χ3n) is 8.70. The van der Waals surface area contributed by atoms with Gasteiger partial charge in [0.05, 0.1) is 6.10 Å². The second kappa shape index (κ2) is 16.8. The van der Waals surface area contributed by atoms with Crippen LogP contribution in [-0.4, -0.2) is 5.11 Å². The summed E-state index contributed by atoms with van der Waals surface area (Å²) in [5, 5.41) is 11.1. The Balaban J connectivity index is 2.33. The van der Waals surface area contributed by atoms with Crippen LogP contribution in [-0.2, 0) is 10.8 Å². The van der Waals surface area contributed by atoms with Crippen molar-refractivity contribution in [2.45, 2.75) is 175 Å². The lowest BCUT2D eigenvalue weighted by Gasteiger charge is -2.32. The Kier molecular flexibility index (Phi) is 15.5. The Morgan fingerprint density at radius 2 is 1.06 bits per heavy atom. The monoisotopic (exact) mass is 486 g/mol. The van der Waals surface area contributed by atoms with E-state index >= 15 is 0 Å². The first kappa shape index (κ1) is 32.2. The molecule has 0 radical (unpaired) electrons. The van der Waals surface area contributed by atoms with Crippen molar-refractivity contribution >= 4 is 0 Å². The zero-order valence-corrected chi connectivity index (χ0v) is 25.1. The van der Waals surface area contributed by atoms with Gasteiger partial charge in [-0.2, -0.15) is 0 Å². The largest absolute Gasteiger partial charge is 0.388 e. The number of rotatable bonds is 20. The smallest absolute Gasteiger partial charge is 0.0792 e. The molecule has 0 aliphatic heterocycles. The molecule has 35 heavy (non-hydrogen) atoms. The Morgan fingerprint density at radius 3 is 1.49 bits per heavy atom. The highest BCUT2D eigenvalue weighted by Crippen LogP contribution is 2.38. The summed E-state index contributed by atoms with van der Waals surface area (Å²) in [6.45, 7) is 18.5. The van der Waals surface area contributed by atoms with Crippen molar-refractivity contribution < 1.29 is 5.11 Å². The van der Waals surface area contributed by atoms with Crippen molar-refractivity contribution in [1.82, 2.24) is 0 Å². The van der Waals surface area contributed by atoms with Crippen LogP contribution < -0.4 is 0 Å². The first-order valence-corrected chi connectivity index (χ1v) is 15.4. The quantitative estimate of drug-likeness (QED) is 0.182. The summed E-state index contributed by atoms with van der Waals surface area (Å²) < 4.78 is 0. The molecule has 1 nitrogen and oxygen atoms in total. The number of aliphatic hydroxyl groups is 1. The molecule has 1 unspecified atom stereocenters. The van der Waals surface area contributed by atoms with Gasteiger partial charge in [0.1, 0.15) is 0 Å². The number of benzene rings is 1. The maximum Gasteiger partial charge on any atom is 0.0792 e. The van der Waals surface area contributed by atoms with E-state index in [9.17, 15) is 5.11 Å². The van der Waals surface area contributed by atoms with Gasteiger partial charge in [0.2, 0.25) is 0 Å². The molecule has 1 rings (SSSR count). The molecule has 0 saturated carbocycles. The van der Waals surface area contributed by atoms with Gasteiger partial charge >= 0.3 is 0 Å². The van der Waals surface area contributed by atoms with Gasteiger partial charge < -0.3 is 5.11 Å².